The average molecular weight is 700 g/mol. The van der Waals surface area contributed by atoms with Crippen LogP contribution in [0.2, 0.25) is 0 Å². The predicted molar refractivity (Wildman–Crippen MR) is 155 cm³/mol. The summed E-state index contributed by atoms with van der Waals surface area (Å²) in [4.78, 5) is 55.4. The van der Waals surface area contributed by atoms with Crippen molar-refractivity contribution in [3.05, 3.63) is 91.0 Å². The minimum atomic E-state index is -0.618. The van der Waals surface area contributed by atoms with Crippen molar-refractivity contribution >= 4 is 67.6 Å². The number of nitrogens with zero attached hydrogens (tertiary/aromatic N) is 1. The van der Waals surface area contributed by atoms with Gasteiger partial charge in [-0.05, 0) is 99.2 Å². The predicted octanol–water partition coefficient (Wildman–Crippen LogP) is 4.63. The van der Waals surface area contributed by atoms with Gasteiger partial charge in [-0.1, -0.05) is 23.8 Å². The number of benzene rings is 2. The Labute approximate surface area is 246 Å². The molecule has 6 rings (SSSR count). The fraction of sp³-hybridized carbons (Fsp3) is 0.267. The van der Waals surface area contributed by atoms with Crippen LogP contribution in [0.3, 0.4) is 0 Å². The number of hydrogen-bond acceptors (Lipinski definition) is 6. The normalized spacial score (nSPS) is 26.2. The summed E-state index contributed by atoms with van der Waals surface area (Å²) in [5.74, 6) is -2.46. The minimum absolute atomic E-state index is 0.110. The van der Waals surface area contributed by atoms with Gasteiger partial charge in [-0.3, -0.25) is 24.1 Å². The molecule has 4 atom stereocenters. The largest absolute Gasteiger partial charge is 0.491 e. The molecule has 3 aliphatic carbocycles. The van der Waals surface area contributed by atoms with Crippen LogP contribution in [0.15, 0.2) is 81.9 Å². The molecule has 1 fully saturated rings. The van der Waals surface area contributed by atoms with Crippen LogP contribution in [0.25, 0.3) is 0 Å². The maximum atomic E-state index is 13.9. The summed E-state index contributed by atoms with van der Waals surface area (Å²) >= 11 is 5.43. The van der Waals surface area contributed by atoms with E-state index < -0.39 is 23.7 Å². The first-order chi connectivity index (χ1) is 18.8. The van der Waals surface area contributed by atoms with Crippen LogP contribution in [0, 0.1) is 21.3 Å². The van der Waals surface area contributed by atoms with Crippen LogP contribution in [-0.4, -0.2) is 41.7 Å². The third-order valence-electron chi connectivity index (χ3n) is 7.99. The van der Waals surface area contributed by atoms with Crippen molar-refractivity contribution in [2.45, 2.75) is 18.8 Å². The Morgan fingerprint density at radius 3 is 2.38 bits per heavy atom. The van der Waals surface area contributed by atoms with Crippen molar-refractivity contribution in [1.82, 2.24) is 0 Å². The molecule has 198 valence electrons. The molecular weight excluding hydrogens is 677 g/mol. The van der Waals surface area contributed by atoms with Crippen molar-refractivity contribution < 1.29 is 29.0 Å². The van der Waals surface area contributed by atoms with Crippen molar-refractivity contribution in [3.8, 4) is 5.75 Å². The third kappa shape index (κ3) is 4.35. The van der Waals surface area contributed by atoms with Crippen molar-refractivity contribution in [2.24, 2.45) is 17.8 Å². The molecule has 4 aliphatic rings. The number of hydrogen-bond donors (Lipinski definition) is 1. The number of Topliss-reactive ketones (excluding diaryl/α,β-unsaturated/α-hetero) is 1. The molecule has 0 spiro atoms. The Hall–Kier alpha value is -2.89. The maximum absolute atomic E-state index is 13.9. The molecule has 2 aromatic rings. The number of fused-ring (bicyclic) bond motifs is 3. The number of imide groups is 1. The zero-order chi connectivity index (χ0) is 27.4. The van der Waals surface area contributed by atoms with Crippen LogP contribution in [0.4, 0.5) is 5.69 Å². The number of halogens is 2. The van der Waals surface area contributed by atoms with Crippen molar-refractivity contribution in [2.75, 3.05) is 18.1 Å². The highest BCUT2D eigenvalue weighted by Crippen LogP contribution is 2.55. The molecule has 0 radical (unpaired) electrons. The van der Waals surface area contributed by atoms with Gasteiger partial charge in [0.1, 0.15) is 12.4 Å². The Morgan fingerprint density at radius 2 is 1.69 bits per heavy atom. The number of anilines is 1. The summed E-state index contributed by atoms with van der Waals surface area (Å²) in [5, 5.41) is 9.07. The molecule has 2 amide bonds. The van der Waals surface area contributed by atoms with Crippen LogP contribution >= 0.6 is 38.5 Å². The molecule has 0 bridgehead atoms. The topological polar surface area (TPSA) is 101 Å². The van der Waals surface area contributed by atoms with E-state index >= 15 is 0 Å². The molecule has 1 aliphatic heterocycles. The van der Waals surface area contributed by atoms with Gasteiger partial charge >= 0.3 is 0 Å². The van der Waals surface area contributed by atoms with E-state index in [1.54, 1.807) is 24.3 Å². The summed E-state index contributed by atoms with van der Waals surface area (Å²) in [6.07, 6.45) is 3.94. The standard InChI is InChI=1S/C30H23BrINO6/c31-23-14-24(35)27-22(28(23)36)13-21-19(25(27)15-1-7-18(8-2-15)39-12-11-34)9-10-20-26(21)30(38)33(29(20)37)17-5-3-16(32)4-6-17/h1-9,14,20-21,25-26,34H,10-13H2/t20-,21+,25-,26-/m0/s1. The number of carbonyl (C=O) groups is 4. The van der Waals surface area contributed by atoms with E-state index in [0.717, 1.165) is 14.7 Å². The fourth-order valence-corrected chi connectivity index (χ4v) is 7.16. The zero-order valence-corrected chi connectivity index (χ0v) is 24.3. The number of ketones is 2. The Morgan fingerprint density at radius 1 is 0.974 bits per heavy atom. The first kappa shape index (κ1) is 26.3. The number of amides is 2. The zero-order valence-electron chi connectivity index (χ0n) is 20.6. The smallest absolute Gasteiger partial charge is 0.238 e. The van der Waals surface area contributed by atoms with E-state index in [1.807, 2.05) is 30.3 Å². The quantitative estimate of drug-likeness (QED) is 0.212. The summed E-state index contributed by atoms with van der Waals surface area (Å²) < 4.78 is 6.70. The number of rotatable bonds is 5. The van der Waals surface area contributed by atoms with E-state index in [-0.39, 0.29) is 47.5 Å². The van der Waals surface area contributed by atoms with E-state index in [4.69, 9.17) is 9.84 Å². The highest BCUT2D eigenvalue weighted by atomic mass is 127. The van der Waals surface area contributed by atoms with Gasteiger partial charge in [-0.2, -0.15) is 0 Å². The molecule has 0 aromatic heterocycles. The average Bonchev–Trinajstić information content (AvgIpc) is 3.20. The second-order valence-electron chi connectivity index (χ2n) is 10.0. The number of aliphatic hydroxyl groups excluding tert-OH is 1. The van der Waals surface area contributed by atoms with E-state index in [1.165, 1.54) is 11.0 Å². The second-order valence-corrected chi connectivity index (χ2v) is 12.1. The lowest BCUT2D eigenvalue weighted by Gasteiger charge is -2.42. The highest BCUT2D eigenvalue weighted by molar-refractivity contribution is 14.1. The lowest BCUT2D eigenvalue weighted by molar-refractivity contribution is -0.123. The summed E-state index contributed by atoms with van der Waals surface area (Å²) in [7, 11) is 0. The van der Waals surface area contributed by atoms with Crippen molar-refractivity contribution in [3.63, 3.8) is 0 Å². The third-order valence-corrected chi connectivity index (χ3v) is 9.30. The second kappa shape index (κ2) is 10.3. The minimum Gasteiger partial charge on any atom is -0.491 e. The van der Waals surface area contributed by atoms with Gasteiger partial charge in [-0.25, -0.2) is 0 Å². The first-order valence-corrected chi connectivity index (χ1v) is 14.5. The van der Waals surface area contributed by atoms with Gasteiger partial charge in [-0.15, -0.1) is 0 Å². The SMILES string of the molecule is O=C1C=C(Br)C(=O)C2=C1[C@@H](c1ccc(OCCO)cc1)C1=CC[C@@H]3C(=O)N(c4ccc(I)cc4)C(=O)[C@@H]3[C@@H]1C2. The molecule has 0 saturated carbocycles. The lowest BCUT2D eigenvalue weighted by atomic mass is 9.59. The monoisotopic (exact) mass is 699 g/mol. The number of aliphatic hydroxyl groups is 1. The maximum Gasteiger partial charge on any atom is 0.238 e. The van der Waals surface area contributed by atoms with Crippen LogP contribution < -0.4 is 9.64 Å². The fourth-order valence-electron chi connectivity index (χ4n) is 6.35. The summed E-state index contributed by atoms with van der Waals surface area (Å²) in [6, 6.07) is 14.5. The van der Waals surface area contributed by atoms with Crippen molar-refractivity contribution in [1.29, 1.82) is 0 Å². The van der Waals surface area contributed by atoms with Gasteiger partial charge in [0.25, 0.3) is 0 Å². The lowest BCUT2D eigenvalue weighted by Crippen LogP contribution is -2.39. The number of ether oxygens (including phenoxy) is 1. The molecule has 1 saturated heterocycles. The molecular formula is C30H23BrINO6. The van der Waals surface area contributed by atoms with E-state index in [9.17, 15) is 19.2 Å². The van der Waals surface area contributed by atoms with Crippen LogP contribution in [0.5, 0.6) is 5.75 Å². The Balaban J connectivity index is 1.43. The van der Waals surface area contributed by atoms with E-state index in [2.05, 4.69) is 38.5 Å². The molecule has 1 N–H and O–H groups in total. The van der Waals surface area contributed by atoms with Gasteiger partial charge in [0.05, 0.1) is 28.6 Å². The van der Waals surface area contributed by atoms with Gasteiger partial charge in [0, 0.05) is 26.7 Å². The molecule has 0 unspecified atom stereocenters. The molecule has 7 nitrogen and oxygen atoms in total. The first-order valence-electron chi connectivity index (χ1n) is 12.7. The Bertz CT molecular complexity index is 1510. The molecule has 39 heavy (non-hydrogen) atoms. The number of allylic oxidation sites excluding steroid dienone is 6. The molecule has 9 heteroatoms. The van der Waals surface area contributed by atoms with Gasteiger partial charge < -0.3 is 9.84 Å². The van der Waals surface area contributed by atoms with Gasteiger partial charge in [0.2, 0.25) is 11.8 Å². The van der Waals surface area contributed by atoms with Crippen LogP contribution in [0.1, 0.15) is 24.3 Å². The van der Waals surface area contributed by atoms with E-state index in [0.29, 0.717) is 29.0 Å². The number of carbonyl (C=O) groups excluding carboxylic acids is 4. The summed E-state index contributed by atoms with van der Waals surface area (Å²) in [6.45, 7) is 0.0505. The summed E-state index contributed by atoms with van der Waals surface area (Å²) in [5.41, 5.74) is 3.07. The Kier molecular flexibility index (Phi) is 6.93. The van der Waals surface area contributed by atoms with Crippen LogP contribution in [-0.2, 0) is 19.2 Å². The molecule has 2 aromatic carbocycles. The molecule has 1 heterocycles. The van der Waals surface area contributed by atoms with Gasteiger partial charge in [0.15, 0.2) is 11.6 Å². The highest BCUT2D eigenvalue weighted by Gasteiger charge is 2.56.